The van der Waals surface area contributed by atoms with Crippen LogP contribution in [0.2, 0.25) is 0 Å². The smallest absolute Gasteiger partial charge is 0.0765 e. The fraction of sp³-hybridized carbons (Fsp3) is 0.867. The Balaban J connectivity index is 1.28. The van der Waals surface area contributed by atoms with Crippen molar-refractivity contribution in [2.24, 2.45) is 35.0 Å². The second kappa shape index (κ2) is 8.43. The summed E-state index contributed by atoms with van der Waals surface area (Å²) in [6, 6.07) is 0.460. The molecule has 2 heterocycles. The van der Waals surface area contributed by atoms with E-state index >= 15 is 0 Å². The van der Waals surface area contributed by atoms with Crippen LogP contribution in [0.4, 0.5) is 0 Å². The SMILES string of the molecule is CC1=C2C[C@H]3[C@@H](CCC4=C[C@@H](O)CCC43C)[C@@H]2CCC2(C1)OC1C[C@H](C)CN(CCO)[C@H]1[C@H]2C. The van der Waals surface area contributed by atoms with Crippen LogP contribution in [0.3, 0.4) is 0 Å². The lowest BCUT2D eigenvalue weighted by Gasteiger charge is -2.49. The molecule has 6 rings (SSSR count). The third-order valence-electron chi connectivity index (χ3n) is 11.7. The molecule has 2 saturated heterocycles. The van der Waals surface area contributed by atoms with Gasteiger partial charge in [0.15, 0.2) is 0 Å². The highest BCUT2D eigenvalue weighted by molar-refractivity contribution is 5.33. The maximum absolute atomic E-state index is 10.3. The van der Waals surface area contributed by atoms with E-state index in [1.165, 1.54) is 38.5 Å². The minimum absolute atomic E-state index is 0.0252. The van der Waals surface area contributed by atoms with Crippen molar-refractivity contribution >= 4 is 0 Å². The summed E-state index contributed by atoms with van der Waals surface area (Å²) in [5, 5.41) is 20.0. The quantitative estimate of drug-likeness (QED) is 0.553. The third kappa shape index (κ3) is 3.45. The van der Waals surface area contributed by atoms with Crippen LogP contribution in [0.1, 0.15) is 85.5 Å². The third-order valence-corrected chi connectivity index (χ3v) is 11.7. The van der Waals surface area contributed by atoms with E-state index in [9.17, 15) is 10.2 Å². The van der Waals surface area contributed by atoms with E-state index < -0.39 is 0 Å². The standard InChI is InChI=1S/C30H47NO3/c1-18-13-27-28(31(17-18)11-12-32)20(3)30(34-27)10-8-23-24-6-5-21-14-22(33)7-9-29(21,4)26(24)15-25(23)19(2)16-30/h14,18,20,22-24,26-28,32-33H,5-13,15-17H2,1-4H3/t18-,20+,22-,23-,24-,26-,27?,28-,29?,30?/m0/s1. The molecule has 4 heteroatoms. The normalized spacial score (nSPS) is 50.9. The van der Waals surface area contributed by atoms with Crippen LogP contribution in [-0.4, -0.2) is 58.7 Å². The van der Waals surface area contributed by atoms with Gasteiger partial charge in [0.05, 0.1) is 24.4 Å². The molecule has 34 heavy (non-hydrogen) atoms. The zero-order valence-corrected chi connectivity index (χ0v) is 21.9. The molecule has 2 N–H and O–H groups in total. The molecular weight excluding hydrogens is 422 g/mol. The summed E-state index contributed by atoms with van der Waals surface area (Å²) in [7, 11) is 0. The Hall–Kier alpha value is -0.680. The Morgan fingerprint density at radius 2 is 2.00 bits per heavy atom. The second-order valence-corrected chi connectivity index (χ2v) is 13.4. The predicted molar refractivity (Wildman–Crippen MR) is 135 cm³/mol. The number of aliphatic hydroxyl groups is 2. The van der Waals surface area contributed by atoms with Crippen LogP contribution in [-0.2, 0) is 4.74 Å². The highest BCUT2D eigenvalue weighted by atomic mass is 16.5. The molecule has 0 bridgehead atoms. The lowest BCUT2D eigenvalue weighted by atomic mass is 9.56. The Morgan fingerprint density at radius 1 is 1.18 bits per heavy atom. The molecule has 4 fully saturated rings. The van der Waals surface area contributed by atoms with Gasteiger partial charge in [0.25, 0.3) is 0 Å². The van der Waals surface area contributed by atoms with Crippen LogP contribution in [0.25, 0.3) is 0 Å². The number of aliphatic hydroxyl groups excluding tert-OH is 2. The summed E-state index contributed by atoms with van der Waals surface area (Å²) in [4.78, 5) is 2.55. The van der Waals surface area contributed by atoms with Crippen molar-refractivity contribution in [3.05, 3.63) is 22.8 Å². The van der Waals surface area contributed by atoms with E-state index in [-0.39, 0.29) is 18.3 Å². The molecule has 3 unspecified atom stereocenters. The van der Waals surface area contributed by atoms with Gasteiger partial charge in [0.2, 0.25) is 0 Å². The average molecular weight is 470 g/mol. The predicted octanol–water partition coefficient (Wildman–Crippen LogP) is 5.10. The zero-order valence-electron chi connectivity index (χ0n) is 21.9. The van der Waals surface area contributed by atoms with Gasteiger partial charge in [-0.1, -0.05) is 43.6 Å². The molecule has 4 nitrogen and oxygen atoms in total. The molecule has 10 atom stereocenters. The van der Waals surface area contributed by atoms with Crippen molar-refractivity contribution < 1.29 is 14.9 Å². The maximum Gasteiger partial charge on any atom is 0.0765 e. The molecule has 0 aromatic rings. The Morgan fingerprint density at radius 3 is 2.79 bits per heavy atom. The van der Waals surface area contributed by atoms with E-state index in [4.69, 9.17) is 4.74 Å². The van der Waals surface area contributed by atoms with Gasteiger partial charge in [-0.05, 0) is 93.8 Å². The van der Waals surface area contributed by atoms with Gasteiger partial charge in [-0.15, -0.1) is 0 Å². The number of hydrogen-bond acceptors (Lipinski definition) is 4. The zero-order chi connectivity index (χ0) is 23.8. The van der Waals surface area contributed by atoms with Crippen molar-refractivity contribution in [1.82, 2.24) is 4.90 Å². The monoisotopic (exact) mass is 469 g/mol. The molecule has 6 aliphatic rings. The van der Waals surface area contributed by atoms with E-state index in [1.807, 2.05) is 0 Å². The molecule has 4 aliphatic carbocycles. The van der Waals surface area contributed by atoms with E-state index in [0.717, 1.165) is 50.1 Å². The van der Waals surface area contributed by atoms with Crippen LogP contribution < -0.4 is 0 Å². The van der Waals surface area contributed by atoms with E-state index in [1.54, 1.807) is 16.7 Å². The highest BCUT2D eigenvalue weighted by Crippen LogP contribution is 2.64. The minimum atomic E-state index is -0.218. The van der Waals surface area contributed by atoms with Crippen molar-refractivity contribution in [2.45, 2.75) is 109 Å². The first-order valence-corrected chi connectivity index (χ1v) is 14.4. The summed E-state index contributed by atoms with van der Waals surface area (Å²) >= 11 is 0. The largest absolute Gasteiger partial charge is 0.395 e. The fourth-order valence-electron chi connectivity index (χ4n) is 10.0. The summed E-state index contributed by atoms with van der Waals surface area (Å²) in [6.07, 6.45) is 12.9. The molecule has 190 valence electrons. The van der Waals surface area contributed by atoms with Crippen LogP contribution in [0, 0.1) is 35.0 Å². The number of nitrogens with zero attached hydrogens (tertiary/aromatic N) is 1. The van der Waals surface area contributed by atoms with Gasteiger partial charge in [-0.3, -0.25) is 4.90 Å². The first kappa shape index (κ1) is 23.7. The van der Waals surface area contributed by atoms with Gasteiger partial charge in [-0.2, -0.15) is 0 Å². The number of hydrogen-bond donors (Lipinski definition) is 2. The van der Waals surface area contributed by atoms with Crippen LogP contribution in [0.5, 0.6) is 0 Å². The lowest BCUT2D eigenvalue weighted by molar-refractivity contribution is -0.0799. The summed E-state index contributed by atoms with van der Waals surface area (Å²) in [6.45, 7) is 11.9. The van der Waals surface area contributed by atoms with Crippen molar-refractivity contribution in [2.75, 3.05) is 19.7 Å². The first-order valence-electron chi connectivity index (χ1n) is 14.4. The first-order chi connectivity index (χ1) is 16.3. The maximum atomic E-state index is 10.3. The molecule has 1 spiro atoms. The molecule has 0 amide bonds. The molecule has 0 aromatic heterocycles. The molecular formula is C30H47NO3. The molecule has 0 radical (unpaired) electrons. The number of β-amino-alcohol motifs (C(OH)–C–C–N with tert-alkyl or cyclic N) is 1. The molecule has 2 saturated carbocycles. The van der Waals surface area contributed by atoms with Gasteiger partial charge in [0, 0.05) is 25.0 Å². The average Bonchev–Trinajstić information content (AvgIpc) is 3.25. The summed E-state index contributed by atoms with van der Waals surface area (Å²) in [5.74, 6) is 3.46. The van der Waals surface area contributed by atoms with Gasteiger partial charge in [-0.25, -0.2) is 0 Å². The number of likely N-dealkylation sites (tertiary alicyclic amines) is 1. The Kier molecular flexibility index (Phi) is 5.88. The van der Waals surface area contributed by atoms with Crippen molar-refractivity contribution in [3.63, 3.8) is 0 Å². The van der Waals surface area contributed by atoms with Gasteiger partial charge in [0.1, 0.15) is 0 Å². The number of fused-ring (bicyclic) bond motifs is 6. The summed E-state index contributed by atoms with van der Waals surface area (Å²) in [5.41, 5.74) is 5.25. The van der Waals surface area contributed by atoms with E-state index in [2.05, 4.69) is 38.7 Å². The van der Waals surface area contributed by atoms with Crippen LogP contribution in [0.15, 0.2) is 22.8 Å². The van der Waals surface area contributed by atoms with E-state index in [0.29, 0.717) is 29.4 Å². The molecule has 2 aliphatic heterocycles. The second-order valence-electron chi connectivity index (χ2n) is 13.4. The topological polar surface area (TPSA) is 52.9 Å². The van der Waals surface area contributed by atoms with Crippen molar-refractivity contribution in [1.29, 1.82) is 0 Å². The van der Waals surface area contributed by atoms with Gasteiger partial charge >= 0.3 is 0 Å². The number of ether oxygens (including phenoxy) is 1. The number of rotatable bonds is 2. The highest BCUT2D eigenvalue weighted by Gasteiger charge is 2.59. The van der Waals surface area contributed by atoms with Gasteiger partial charge < -0.3 is 14.9 Å². The van der Waals surface area contributed by atoms with Crippen LogP contribution >= 0.6 is 0 Å². The molecule has 0 aromatic carbocycles. The Bertz CT molecular complexity index is 880. The fourth-order valence-corrected chi connectivity index (χ4v) is 10.0. The minimum Gasteiger partial charge on any atom is -0.395 e. The summed E-state index contributed by atoms with van der Waals surface area (Å²) < 4.78 is 7.13. The number of piperidine rings is 1. The van der Waals surface area contributed by atoms with Crippen molar-refractivity contribution in [3.8, 4) is 0 Å². The Labute approximate surface area is 206 Å². The number of allylic oxidation sites excluding steroid dienone is 2. The lowest BCUT2D eigenvalue weighted by Crippen LogP contribution is -2.52.